The van der Waals surface area contributed by atoms with Crippen molar-refractivity contribution in [2.45, 2.75) is 25.4 Å². The van der Waals surface area contributed by atoms with Crippen molar-refractivity contribution in [1.82, 2.24) is 10.6 Å². The maximum atomic E-state index is 11.7. The second kappa shape index (κ2) is 7.49. The zero-order valence-corrected chi connectivity index (χ0v) is 12.1. The molecule has 21 heavy (non-hydrogen) atoms. The number of halogens is 1. The molecule has 0 aliphatic heterocycles. The van der Waals surface area contributed by atoms with Crippen molar-refractivity contribution in [3.05, 3.63) is 34.9 Å². The number of carbonyl (C=O) groups excluding carboxylic acids is 2. The largest absolute Gasteiger partial charge is 0.480 e. The molecule has 0 heterocycles. The molecule has 7 nitrogen and oxygen atoms in total. The number of hydrogen-bond acceptors (Lipinski definition) is 3. The van der Waals surface area contributed by atoms with Gasteiger partial charge in [-0.3, -0.25) is 4.79 Å². The average molecular weight is 314 g/mol. The molecule has 2 atom stereocenters. The summed E-state index contributed by atoms with van der Waals surface area (Å²) in [6.45, 7) is 1.73. The average Bonchev–Trinajstić information content (AvgIpc) is 2.37. The number of carboxylic acid groups (broad SMARTS) is 1. The van der Waals surface area contributed by atoms with Crippen LogP contribution in [-0.2, 0) is 9.59 Å². The highest BCUT2D eigenvalue weighted by Crippen LogP contribution is 2.15. The van der Waals surface area contributed by atoms with E-state index in [1.165, 1.54) is 0 Å². The van der Waals surface area contributed by atoms with Gasteiger partial charge in [-0.05, 0) is 24.6 Å². The van der Waals surface area contributed by atoms with Crippen molar-refractivity contribution in [1.29, 1.82) is 0 Å². The third kappa shape index (κ3) is 5.70. The van der Waals surface area contributed by atoms with Gasteiger partial charge in [-0.15, -0.1) is 0 Å². The van der Waals surface area contributed by atoms with E-state index in [9.17, 15) is 14.4 Å². The maximum absolute atomic E-state index is 11.7. The number of carbonyl (C=O) groups is 3. The molecule has 0 saturated heterocycles. The van der Waals surface area contributed by atoms with Gasteiger partial charge in [0.2, 0.25) is 5.91 Å². The van der Waals surface area contributed by atoms with E-state index in [0.717, 1.165) is 5.56 Å². The zero-order valence-electron chi connectivity index (χ0n) is 11.3. The lowest BCUT2D eigenvalue weighted by Crippen LogP contribution is -2.48. The van der Waals surface area contributed by atoms with Crippen LogP contribution in [0, 0.1) is 0 Å². The highest BCUT2D eigenvalue weighted by molar-refractivity contribution is 6.30. The molecule has 0 radical (unpaired) electrons. The molecule has 1 aromatic rings. The molecule has 114 valence electrons. The summed E-state index contributed by atoms with van der Waals surface area (Å²) >= 11 is 5.77. The molecule has 0 aromatic heterocycles. The van der Waals surface area contributed by atoms with Gasteiger partial charge in [0.05, 0.1) is 12.5 Å². The molecule has 0 aliphatic rings. The summed E-state index contributed by atoms with van der Waals surface area (Å²) in [7, 11) is 0. The molecule has 1 rings (SSSR count). The van der Waals surface area contributed by atoms with Gasteiger partial charge in [-0.25, -0.2) is 9.59 Å². The number of aliphatic carboxylic acids is 1. The summed E-state index contributed by atoms with van der Waals surface area (Å²) in [5.74, 6) is -2.14. The first-order valence-corrected chi connectivity index (χ1v) is 6.51. The predicted octanol–water partition coefficient (Wildman–Crippen LogP) is 1.03. The van der Waals surface area contributed by atoms with Crippen LogP contribution in [-0.4, -0.2) is 29.1 Å². The monoisotopic (exact) mass is 313 g/mol. The van der Waals surface area contributed by atoms with Gasteiger partial charge >= 0.3 is 12.0 Å². The van der Waals surface area contributed by atoms with Gasteiger partial charge < -0.3 is 21.5 Å². The Labute approximate surface area is 126 Å². The molecule has 0 bridgehead atoms. The Balaban J connectivity index is 2.61. The van der Waals surface area contributed by atoms with Gasteiger partial charge in [0.1, 0.15) is 6.04 Å². The summed E-state index contributed by atoms with van der Waals surface area (Å²) in [4.78, 5) is 33.4. The van der Waals surface area contributed by atoms with E-state index in [-0.39, 0.29) is 6.04 Å². The molecule has 1 unspecified atom stereocenters. The number of amides is 3. The number of primary amides is 1. The Morgan fingerprint density at radius 3 is 2.29 bits per heavy atom. The first-order valence-electron chi connectivity index (χ1n) is 6.13. The number of carboxylic acids is 1. The first kappa shape index (κ1) is 16.8. The number of nitrogens with two attached hydrogens (primary N) is 1. The van der Waals surface area contributed by atoms with Crippen LogP contribution >= 0.6 is 11.6 Å². The normalized spacial score (nSPS) is 13.0. The van der Waals surface area contributed by atoms with Crippen LogP contribution in [0.2, 0.25) is 5.02 Å². The third-order valence-electron chi connectivity index (χ3n) is 2.73. The van der Waals surface area contributed by atoms with Gasteiger partial charge in [0.15, 0.2) is 0 Å². The van der Waals surface area contributed by atoms with Crippen molar-refractivity contribution in [2.24, 2.45) is 5.73 Å². The van der Waals surface area contributed by atoms with E-state index >= 15 is 0 Å². The van der Waals surface area contributed by atoms with E-state index < -0.39 is 30.4 Å². The van der Waals surface area contributed by atoms with Gasteiger partial charge in [0, 0.05) is 5.02 Å². The van der Waals surface area contributed by atoms with Crippen LogP contribution in [0.15, 0.2) is 24.3 Å². The van der Waals surface area contributed by atoms with Crippen molar-refractivity contribution in [3.63, 3.8) is 0 Å². The minimum absolute atomic E-state index is 0.356. The van der Waals surface area contributed by atoms with E-state index in [1.807, 2.05) is 0 Å². The predicted molar refractivity (Wildman–Crippen MR) is 76.8 cm³/mol. The number of nitrogens with one attached hydrogen (secondary N) is 2. The Hall–Kier alpha value is -2.28. The molecular weight excluding hydrogens is 298 g/mol. The molecule has 8 heteroatoms. The molecule has 5 N–H and O–H groups in total. The Morgan fingerprint density at radius 1 is 1.24 bits per heavy atom. The smallest absolute Gasteiger partial charge is 0.326 e. The number of urea groups is 1. The summed E-state index contributed by atoms with van der Waals surface area (Å²) in [5.41, 5.74) is 5.73. The second-order valence-electron chi connectivity index (χ2n) is 4.45. The van der Waals surface area contributed by atoms with Crippen molar-refractivity contribution in [3.8, 4) is 0 Å². The first-order chi connectivity index (χ1) is 9.79. The molecule has 3 amide bonds. The molecule has 0 aliphatic carbocycles. The fraction of sp³-hybridized carbons (Fsp3) is 0.308. The SMILES string of the molecule is CC(NC(=O)N[C@@H](CC(N)=O)C(=O)O)c1ccc(Cl)cc1. The summed E-state index contributed by atoms with van der Waals surface area (Å²) in [6.07, 6.45) is -0.474. The molecular formula is C13H16ClN3O4. The minimum atomic E-state index is -1.36. The van der Waals surface area contributed by atoms with E-state index in [0.29, 0.717) is 5.02 Å². The minimum Gasteiger partial charge on any atom is -0.480 e. The molecule has 0 saturated carbocycles. The van der Waals surface area contributed by atoms with Gasteiger partial charge in [0.25, 0.3) is 0 Å². The Bertz CT molecular complexity index is 533. The van der Waals surface area contributed by atoms with Crippen LogP contribution in [0.3, 0.4) is 0 Å². The van der Waals surface area contributed by atoms with E-state index in [1.54, 1.807) is 31.2 Å². The fourth-order valence-electron chi connectivity index (χ4n) is 1.63. The van der Waals surface area contributed by atoms with Crippen LogP contribution in [0.5, 0.6) is 0 Å². The molecule has 0 spiro atoms. The Morgan fingerprint density at radius 2 is 1.81 bits per heavy atom. The summed E-state index contributed by atoms with van der Waals surface area (Å²) in [5, 5.41) is 14.2. The number of rotatable bonds is 6. The molecule has 0 fully saturated rings. The van der Waals surface area contributed by atoms with Crippen LogP contribution in [0.4, 0.5) is 4.79 Å². The number of hydrogen-bond donors (Lipinski definition) is 4. The maximum Gasteiger partial charge on any atom is 0.326 e. The lowest BCUT2D eigenvalue weighted by molar-refractivity contribution is -0.140. The molecule has 1 aromatic carbocycles. The Kier molecular flexibility index (Phi) is 5.98. The van der Waals surface area contributed by atoms with Crippen LogP contribution in [0.1, 0.15) is 24.9 Å². The quantitative estimate of drug-likeness (QED) is 0.626. The van der Waals surface area contributed by atoms with E-state index in [4.69, 9.17) is 22.4 Å². The number of benzene rings is 1. The van der Waals surface area contributed by atoms with Crippen LogP contribution in [0.25, 0.3) is 0 Å². The van der Waals surface area contributed by atoms with E-state index in [2.05, 4.69) is 10.6 Å². The third-order valence-corrected chi connectivity index (χ3v) is 2.98. The lowest BCUT2D eigenvalue weighted by atomic mass is 10.1. The topological polar surface area (TPSA) is 122 Å². The standard InChI is InChI=1S/C13H16ClN3O4/c1-7(8-2-4-9(14)5-3-8)16-13(21)17-10(12(19)20)6-11(15)18/h2-5,7,10H,6H2,1H3,(H2,15,18)(H,19,20)(H2,16,17,21)/t7?,10-/m0/s1. The van der Waals surface area contributed by atoms with Crippen molar-refractivity contribution >= 4 is 29.5 Å². The summed E-state index contributed by atoms with van der Waals surface area (Å²) in [6, 6.07) is 4.42. The zero-order chi connectivity index (χ0) is 16.0. The van der Waals surface area contributed by atoms with Crippen LogP contribution < -0.4 is 16.4 Å². The highest BCUT2D eigenvalue weighted by Gasteiger charge is 2.22. The second-order valence-corrected chi connectivity index (χ2v) is 4.89. The summed E-state index contributed by atoms with van der Waals surface area (Å²) < 4.78 is 0. The highest BCUT2D eigenvalue weighted by atomic mass is 35.5. The van der Waals surface area contributed by atoms with Gasteiger partial charge in [-0.2, -0.15) is 0 Å². The van der Waals surface area contributed by atoms with Crippen molar-refractivity contribution in [2.75, 3.05) is 0 Å². The fourth-order valence-corrected chi connectivity index (χ4v) is 1.76. The van der Waals surface area contributed by atoms with Gasteiger partial charge in [-0.1, -0.05) is 23.7 Å². The lowest BCUT2D eigenvalue weighted by Gasteiger charge is -2.18. The van der Waals surface area contributed by atoms with Crippen molar-refractivity contribution < 1.29 is 19.5 Å².